The predicted molar refractivity (Wildman–Crippen MR) is 78.0 cm³/mol. The van der Waals surface area contributed by atoms with Crippen molar-refractivity contribution in [3.63, 3.8) is 0 Å². The first-order valence-electron chi connectivity index (χ1n) is 7.29. The molecular weight excluding hydrogens is 239 g/mol. The summed E-state index contributed by atoms with van der Waals surface area (Å²) in [7, 11) is 0. The maximum absolute atomic E-state index is 12.5. The molecule has 0 bridgehead atoms. The molecule has 3 heteroatoms. The van der Waals surface area contributed by atoms with E-state index in [-0.39, 0.29) is 12.2 Å². The molecule has 1 aliphatic heterocycles. The van der Waals surface area contributed by atoms with Gasteiger partial charge in [0.05, 0.1) is 6.67 Å². The lowest BCUT2D eigenvalue weighted by atomic mass is 9.90. The van der Waals surface area contributed by atoms with Gasteiger partial charge in [0, 0.05) is 31.2 Å². The summed E-state index contributed by atoms with van der Waals surface area (Å²) in [6.45, 7) is 7.06. The van der Waals surface area contributed by atoms with E-state index >= 15 is 0 Å². The van der Waals surface area contributed by atoms with Crippen molar-refractivity contribution in [2.45, 2.75) is 38.3 Å². The van der Waals surface area contributed by atoms with Gasteiger partial charge in [-0.05, 0) is 25.3 Å². The number of piperazine rings is 1. The van der Waals surface area contributed by atoms with E-state index in [9.17, 15) is 4.39 Å². The number of hydrogen-bond donors (Lipinski definition) is 1. The molecule has 0 radical (unpaired) electrons. The molecule has 2 rings (SSSR count). The van der Waals surface area contributed by atoms with Crippen LogP contribution < -0.4 is 5.32 Å². The molecule has 0 aliphatic carbocycles. The largest absolute Gasteiger partial charge is 0.307 e. The normalized spacial score (nSPS) is 28.5. The molecule has 0 spiro atoms. The molecular formula is C16H25FN2. The minimum absolute atomic E-state index is 0.153. The zero-order chi connectivity index (χ0) is 13.7. The number of rotatable bonds is 5. The zero-order valence-electron chi connectivity index (χ0n) is 12.0. The lowest BCUT2D eigenvalue weighted by Crippen LogP contribution is -2.60. The van der Waals surface area contributed by atoms with Gasteiger partial charge in [-0.15, -0.1) is 0 Å². The first-order valence-corrected chi connectivity index (χ1v) is 7.29. The molecule has 1 heterocycles. The van der Waals surface area contributed by atoms with E-state index in [0.29, 0.717) is 12.5 Å². The van der Waals surface area contributed by atoms with Gasteiger partial charge in [0.15, 0.2) is 0 Å². The van der Waals surface area contributed by atoms with Crippen LogP contribution in [-0.2, 0) is 0 Å². The molecule has 19 heavy (non-hydrogen) atoms. The van der Waals surface area contributed by atoms with Crippen LogP contribution in [0.1, 0.15) is 38.3 Å². The van der Waals surface area contributed by atoms with Crippen LogP contribution in [-0.4, -0.2) is 36.7 Å². The van der Waals surface area contributed by atoms with Gasteiger partial charge in [0.25, 0.3) is 0 Å². The van der Waals surface area contributed by atoms with Crippen molar-refractivity contribution in [1.82, 2.24) is 10.2 Å². The van der Waals surface area contributed by atoms with Gasteiger partial charge in [-0.25, -0.2) is 0 Å². The maximum atomic E-state index is 12.5. The molecule has 1 saturated heterocycles. The number of alkyl halides is 1. The molecule has 1 aromatic carbocycles. The van der Waals surface area contributed by atoms with E-state index in [1.807, 2.05) is 6.07 Å². The van der Waals surface area contributed by atoms with Crippen LogP contribution in [0.5, 0.6) is 0 Å². The smallest absolute Gasteiger partial charge is 0.0906 e. The summed E-state index contributed by atoms with van der Waals surface area (Å²) in [5.74, 6) is 0. The Kier molecular flexibility index (Phi) is 4.94. The van der Waals surface area contributed by atoms with Crippen molar-refractivity contribution in [2.24, 2.45) is 0 Å². The predicted octanol–water partition coefficient (Wildman–Crippen LogP) is 3.16. The molecule has 106 valence electrons. The number of benzene rings is 1. The molecule has 1 fully saturated rings. The third-order valence-corrected chi connectivity index (χ3v) is 4.42. The van der Waals surface area contributed by atoms with Crippen LogP contribution in [0.15, 0.2) is 30.3 Å². The van der Waals surface area contributed by atoms with Crippen molar-refractivity contribution in [1.29, 1.82) is 0 Å². The summed E-state index contributed by atoms with van der Waals surface area (Å²) in [6, 6.07) is 10.9. The van der Waals surface area contributed by atoms with Crippen LogP contribution in [0.4, 0.5) is 4.39 Å². The molecule has 2 unspecified atom stereocenters. The highest BCUT2D eigenvalue weighted by molar-refractivity contribution is 5.20. The summed E-state index contributed by atoms with van der Waals surface area (Å²) >= 11 is 0. The third-order valence-electron chi connectivity index (χ3n) is 4.42. The summed E-state index contributed by atoms with van der Waals surface area (Å²) in [6.07, 6.45) is 1.73. The summed E-state index contributed by atoms with van der Waals surface area (Å²) < 4.78 is 12.5. The number of nitrogens with one attached hydrogen (secondary N) is 1. The Morgan fingerprint density at radius 2 is 2.11 bits per heavy atom. The Morgan fingerprint density at radius 1 is 1.37 bits per heavy atom. The Labute approximate surface area is 116 Å². The van der Waals surface area contributed by atoms with Gasteiger partial charge in [0.2, 0.25) is 0 Å². The van der Waals surface area contributed by atoms with Crippen molar-refractivity contribution in [3.05, 3.63) is 35.9 Å². The second-order valence-corrected chi connectivity index (χ2v) is 5.68. The molecule has 1 aromatic rings. The lowest BCUT2D eigenvalue weighted by molar-refractivity contribution is 0.0461. The SMILES string of the molecule is CCC1(C)CNC(c2ccccc2)CN1CCCF. The van der Waals surface area contributed by atoms with E-state index in [1.54, 1.807) is 0 Å². The highest BCUT2D eigenvalue weighted by atomic mass is 19.1. The lowest BCUT2D eigenvalue weighted by Gasteiger charge is -2.48. The van der Waals surface area contributed by atoms with Crippen LogP contribution >= 0.6 is 0 Å². The van der Waals surface area contributed by atoms with E-state index in [0.717, 1.165) is 26.1 Å². The van der Waals surface area contributed by atoms with Gasteiger partial charge in [-0.1, -0.05) is 37.3 Å². The number of hydrogen-bond acceptors (Lipinski definition) is 2. The molecule has 0 aromatic heterocycles. The number of nitrogens with zero attached hydrogens (tertiary/aromatic N) is 1. The Balaban J connectivity index is 2.08. The van der Waals surface area contributed by atoms with Crippen molar-refractivity contribution < 1.29 is 4.39 Å². The van der Waals surface area contributed by atoms with Crippen molar-refractivity contribution in [2.75, 3.05) is 26.3 Å². The summed E-state index contributed by atoms with van der Waals surface area (Å²) in [5, 5.41) is 3.65. The highest BCUT2D eigenvalue weighted by Crippen LogP contribution is 2.28. The van der Waals surface area contributed by atoms with Crippen LogP contribution in [0.2, 0.25) is 0 Å². The maximum Gasteiger partial charge on any atom is 0.0906 e. The molecule has 1 N–H and O–H groups in total. The Bertz CT molecular complexity index is 382. The molecule has 2 nitrogen and oxygen atoms in total. The Morgan fingerprint density at radius 3 is 2.74 bits per heavy atom. The van der Waals surface area contributed by atoms with Crippen molar-refractivity contribution in [3.8, 4) is 0 Å². The average molecular weight is 264 g/mol. The molecule has 0 saturated carbocycles. The first kappa shape index (κ1) is 14.5. The van der Waals surface area contributed by atoms with Gasteiger partial charge in [-0.2, -0.15) is 0 Å². The van der Waals surface area contributed by atoms with Crippen LogP contribution in [0, 0.1) is 0 Å². The highest BCUT2D eigenvalue weighted by Gasteiger charge is 2.36. The van der Waals surface area contributed by atoms with E-state index in [1.165, 1.54) is 5.56 Å². The topological polar surface area (TPSA) is 15.3 Å². The molecule has 1 aliphatic rings. The fraction of sp³-hybridized carbons (Fsp3) is 0.625. The van der Waals surface area contributed by atoms with Gasteiger partial charge in [0.1, 0.15) is 0 Å². The minimum atomic E-state index is -0.222. The first-order chi connectivity index (χ1) is 9.19. The van der Waals surface area contributed by atoms with Gasteiger partial charge >= 0.3 is 0 Å². The van der Waals surface area contributed by atoms with Crippen molar-refractivity contribution >= 4 is 0 Å². The fourth-order valence-electron chi connectivity index (χ4n) is 2.83. The van der Waals surface area contributed by atoms with E-state index in [4.69, 9.17) is 0 Å². The van der Waals surface area contributed by atoms with Crippen LogP contribution in [0.3, 0.4) is 0 Å². The fourth-order valence-corrected chi connectivity index (χ4v) is 2.83. The minimum Gasteiger partial charge on any atom is -0.307 e. The second-order valence-electron chi connectivity index (χ2n) is 5.68. The Hall–Kier alpha value is -0.930. The van der Waals surface area contributed by atoms with E-state index in [2.05, 4.69) is 48.3 Å². The second kappa shape index (κ2) is 6.49. The van der Waals surface area contributed by atoms with Crippen LogP contribution in [0.25, 0.3) is 0 Å². The molecule has 0 amide bonds. The standard InChI is InChI=1S/C16H25FN2/c1-3-16(2)13-18-15(12-19(16)11-7-10-17)14-8-5-4-6-9-14/h4-6,8-9,15,18H,3,7,10-13H2,1-2H3. The quantitative estimate of drug-likeness (QED) is 0.879. The summed E-state index contributed by atoms with van der Waals surface area (Å²) in [5.41, 5.74) is 1.48. The van der Waals surface area contributed by atoms with E-state index < -0.39 is 0 Å². The third kappa shape index (κ3) is 3.34. The van der Waals surface area contributed by atoms with Gasteiger partial charge < -0.3 is 5.32 Å². The zero-order valence-corrected chi connectivity index (χ0v) is 12.0. The average Bonchev–Trinajstić information content (AvgIpc) is 2.47. The monoisotopic (exact) mass is 264 g/mol. The number of halogens is 1. The molecule has 2 atom stereocenters. The summed E-state index contributed by atoms with van der Waals surface area (Å²) in [4.78, 5) is 2.46. The van der Waals surface area contributed by atoms with Gasteiger partial charge in [-0.3, -0.25) is 9.29 Å².